The molecule has 0 amide bonds. The molecule has 1 aromatic heterocycles. The smallest absolute Gasteiger partial charge is 0.0526 e. The van der Waals surface area contributed by atoms with Gasteiger partial charge in [0.15, 0.2) is 0 Å². The molecule has 3 heteroatoms. The molecule has 3 heterocycles. The number of rotatable bonds is 0. The van der Waals surface area contributed by atoms with Crippen LogP contribution in [0.25, 0.3) is 10.9 Å². The lowest BCUT2D eigenvalue weighted by molar-refractivity contribution is 0.590. The molecule has 0 spiro atoms. The number of nitrogens with one attached hydrogen (secondary N) is 1. The molecule has 1 N–H and O–H groups in total. The minimum atomic E-state index is 1.05. The minimum Gasteiger partial charge on any atom is -0.344 e. The summed E-state index contributed by atoms with van der Waals surface area (Å²) in [5.74, 6) is 2.47. The quantitative estimate of drug-likeness (QED) is 0.782. The molecule has 2 aliphatic heterocycles. The van der Waals surface area contributed by atoms with E-state index in [1.165, 1.54) is 47.4 Å². The van der Waals surface area contributed by atoms with Gasteiger partial charge in [0.25, 0.3) is 0 Å². The van der Waals surface area contributed by atoms with Gasteiger partial charge in [-0.3, -0.25) is 0 Å². The average molecular weight is 258 g/mol. The number of benzene rings is 1. The van der Waals surface area contributed by atoms with Crippen LogP contribution in [0.1, 0.15) is 23.2 Å². The Morgan fingerprint density at radius 1 is 1.28 bits per heavy atom. The molecule has 0 radical (unpaired) electrons. The lowest BCUT2D eigenvalue weighted by Crippen LogP contribution is -2.24. The van der Waals surface area contributed by atoms with Gasteiger partial charge in [-0.2, -0.15) is 11.8 Å². The van der Waals surface area contributed by atoms with Crippen LogP contribution in [0.4, 0.5) is 0 Å². The number of para-hydroxylation sites is 1. The third-order valence-corrected chi connectivity index (χ3v) is 5.25. The van der Waals surface area contributed by atoms with Crippen LogP contribution >= 0.6 is 11.8 Å². The maximum atomic E-state index is 3.52. The zero-order valence-corrected chi connectivity index (χ0v) is 11.4. The first kappa shape index (κ1) is 10.9. The summed E-state index contributed by atoms with van der Waals surface area (Å²) in [6.45, 7) is 3.39. The first-order valence-electron chi connectivity index (χ1n) is 6.85. The van der Waals surface area contributed by atoms with E-state index < -0.39 is 0 Å². The number of nitrogens with zero attached hydrogens (tertiary/aromatic N) is 1. The van der Waals surface area contributed by atoms with Gasteiger partial charge >= 0.3 is 0 Å². The van der Waals surface area contributed by atoms with Crippen molar-refractivity contribution in [2.45, 2.75) is 31.7 Å². The van der Waals surface area contributed by atoms with E-state index in [9.17, 15) is 0 Å². The highest BCUT2D eigenvalue weighted by atomic mass is 32.2. The van der Waals surface area contributed by atoms with Crippen molar-refractivity contribution < 1.29 is 0 Å². The Morgan fingerprint density at radius 3 is 3.28 bits per heavy atom. The largest absolute Gasteiger partial charge is 0.344 e. The Bertz CT molecular complexity index is 600. The van der Waals surface area contributed by atoms with Gasteiger partial charge in [0.2, 0.25) is 0 Å². The molecule has 4 rings (SSSR count). The first-order valence-corrected chi connectivity index (χ1v) is 8.01. The molecule has 1 aromatic carbocycles. The molecular weight excluding hydrogens is 240 g/mol. The third kappa shape index (κ3) is 1.54. The normalized spacial score (nSPS) is 19.3. The Hall–Kier alpha value is -0.930. The third-order valence-electron chi connectivity index (χ3n) is 4.16. The summed E-state index contributed by atoms with van der Waals surface area (Å²) in [5.41, 5.74) is 6.22. The van der Waals surface area contributed by atoms with Crippen molar-refractivity contribution in [1.29, 1.82) is 0 Å². The second kappa shape index (κ2) is 4.32. The SMILES string of the molecule is c1cc2c3c(c1)c1c(n3CCCSC2)CCNC1. The van der Waals surface area contributed by atoms with Crippen LogP contribution in [-0.2, 0) is 25.3 Å². The molecule has 94 valence electrons. The maximum Gasteiger partial charge on any atom is 0.0526 e. The van der Waals surface area contributed by atoms with Crippen LogP contribution in [0.15, 0.2) is 18.2 Å². The van der Waals surface area contributed by atoms with Crippen molar-refractivity contribution in [3.05, 3.63) is 35.0 Å². The molecule has 0 bridgehead atoms. The van der Waals surface area contributed by atoms with Gasteiger partial charge in [-0.25, -0.2) is 0 Å². The summed E-state index contributed by atoms with van der Waals surface area (Å²) in [6, 6.07) is 6.86. The van der Waals surface area contributed by atoms with Crippen molar-refractivity contribution in [2.24, 2.45) is 0 Å². The molecule has 2 nitrogen and oxygen atoms in total. The summed E-state index contributed by atoms with van der Waals surface area (Å²) >= 11 is 2.08. The van der Waals surface area contributed by atoms with Crippen LogP contribution in [0.2, 0.25) is 0 Å². The summed E-state index contributed by atoms with van der Waals surface area (Å²) in [4.78, 5) is 0. The van der Waals surface area contributed by atoms with E-state index >= 15 is 0 Å². The molecule has 0 saturated carbocycles. The van der Waals surface area contributed by atoms with Gasteiger partial charge in [0, 0.05) is 42.9 Å². The Balaban J connectivity index is 2.06. The number of aryl methyl sites for hydroxylation is 1. The molecule has 0 aliphatic carbocycles. The van der Waals surface area contributed by atoms with Gasteiger partial charge in [0.05, 0.1) is 5.52 Å². The van der Waals surface area contributed by atoms with Gasteiger partial charge in [0.1, 0.15) is 0 Å². The van der Waals surface area contributed by atoms with Gasteiger partial charge in [-0.15, -0.1) is 0 Å². The molecule has 0 atom stereocenters. The second-order valence-electron chi connectivity index (χ2n) is 5.22. The summed E-state index contributed by atoms with van der Waals surface area (Å²) in [7, 11) is 0. The highest BCUT2D eigenvalue weighted by Gasteiger charge is 2.21. The fourth-order valence-electron chi connectivity index (χ4n) is 3.38. The van der Waals surface area contributed by atoms with Crippen molar-refractivity contribution >= 4 is 22.7 Å². The Labute approximate surface area is 112 Å². The Morgan fingerprint density at radius 2 is 2.28 bits per heavy atom. The number of hydrogen-bond donors (Lipinski definition) is 1. The number of hydrogen-bond acceptors (Lipinski definition) is 2. The second-order valence-corrected chi connectivity index (χ2v) is 6.33. The molecule has 18 heavy (non-hydrogen) atoms. The number of aromatic nitrogens is 1. The fourth-order valence-corrected chi connectivity index (χ4v) is 4.31. The van der Waals surface area contributed by atoms with E-state index in [0.29, 0.717) is 0 Å². The lowest BCUT2D eigenvalue weighted by Gasteiger charge is -2.18. The summed E-state index contributed by atoms with van der Waals surface area (Å²) in [6.07, 6.45) is 2.50. The Kier molecular flexibility index (Phi) is 2.63. The van der Waals surface area contributed by atoms with Crippen LogP contribution in [0.3, 0.4) is 0 Å². The average Bonchev–Trinajstić information content (AvgIpc) is 2.70. The minimum absolute atomic E-state index is 1.05. The maximum absolute atomic E-state index is 3.52. The predicted octanol–water partition coefficient (Wildman–Crippen LogP) is 2.92. The van der Waals surface area contributed by atoms with Crippen LogP contribution in [0, 0.1) is 0 Å². The number of fused-ring (bicyclic) bond motifs is 3. The standard InChI is InChI=1S/C15H18N2S/c1-3-11-10-18-8-2-7-17-14-5-6-16-9-13(14)12(4-1)15(11)17/h1,3-4,16H,2,5-10H2. The van der Waals surface area contributed by atoms with Crippen molar-refractivity contribution in [3.8, 4) is 0 Å². The predicted molar refractivity (Wildman–Crippen MR) is 78.1 cm³/mol. The van der Waals surface area contributed by atoms with Crippen molar-refractivity contribution in [3.63, 3.8) is 0 Å². The zero-order valence-electron chi connectivity index (χ0n) is 10.5. The van der Waals surface area contributed by atoms with E-state index in [-0.39, 0.29) is 0 Å². The number of thioether (sulfide) groups is 1. The molecule has 0 unspecified atom stereocenters. The van der Waals surface area contributed by atoms with Gasteiger partial charge in [-0.1, -0.05) is 18.2 Å². The molecule has 2 aliphatic rings. The summed E-state index contributed by atoms with van der Waals surface area (Å²) in [5, 5.41) is 5.02. The topological polar surface area (TPSA) is 17.0 Å². The highest BCUT2D eigenvalue weighted by molar-refractivity contribution is 7.98. The van der Waals surface area contributed by atoms with E-state index in [1.54, 1.807) is 11.3 Å². The van der Waals surface area contributed by atoms with E-state index in [4.69, 9.17) is 0 Å². The monoisotopic (exact) mass is 258 g/mol. The van der Waals surface area contributed by atoms with E-state index in [2.05, 4.69) is 39.8 Å². The van der Waals surface area contributed by atoms with E-state index in [1.807, 2.05) is 0 Å². The van der Waals surface area contributed by atoms with Gasteiger partial charge < -0.3 is 9.88 Å². The molecule has 0 saturated heterocycles. The highest BCUT2D eigenvalue weighted by Crippen LogP contribution is 2.34. The van der Waals surface area contributed by atoms with Crippen LogP contribution in [0.5, 0.6) is 0 Å². The zero-order chi connectivity index (χ0) is 11.9. The first-order chi connectivity index (χ1) is 8.95. The molecular formula is C15H18N2S. The van der Waals surface area contributed by atoms with Crippen molar-refractivity contribution in [2.75, 3.05) is 12.3 Å². The van der Waals surface area contributed by atoms with Crippen LogP contribution in [-0.4, -0.2) is 16.9 Å². The summed E-state index contributed by atoms with van der Waals surface area (Å²) < 4.78 is 2.63. The van der Waals surface area contributed by atoms with Gasteiger partial charge in [-0.05, 0) is 23.3 Å². The van der Waals surface area contributed by atoms with E-state index in [0.717, 1.165) is 13.1 Å². The van der Waals surface area contributed by atoms with Crippen molar-refractivity contribution in [1.82, 2.24) is 9.88 Å². The fraction of sp³-hybridized carbons (Fsp3) is 0.467. The molecule has 2 aromatic rings. The molecule has 0 fully saturated rings. The van der Waals surface area contributed by atoms with Crippen LogP contribution < -0.4 is 5.32 Å². The lowest BCUT2D eigenvalue weighted by atomic mass is 10.0.